The number of amides is 1. The van der Waals surface area contributed by atoms with Crippen molar-refractivity contribution in [1.29, 1.82) is 0 Å². The molecule has 2 aromatic carbocycles. The molecule has 144 valence electrons. The number of nitrogens with zero attached hydrogens (tertiary/aromatic N) is 1. The Kier molecular flexibility index (Phi) is 6.96. The molecule has 1 aliphatic rings. The Morgan fingerprint density at radius 3 is 2.59 bits per heavy atom. The van der Waals surface area contributed by atoms with Gasteiger partial charge in [-0.1, -0.05) is 24.9 Å². The van der Waals surface area contributed by atoms with E-state index in [1.165, 1.54) is 0 Å². The Labute approximate surface area is 165 Å². The van der Waals surface area contributed by atoms with Gasteiger partial charge in [0.15, 0.2) is 0 Å². The molecule has 3 rings (SSSR count). The first-order valence-electron chi connectivity index (χ1n) is 9.34. The highest BCUT2D eigenvalue weighted by Crippen LogP contribution is 2.29. The zero-order valence-corrected chi connectivity index (χ0v) is 16.3. The minimum absolute atomic E-state index is 0.176. The quantitative estimate of drug-likeness (QED) is 0.704. The average molecular weight is 389 g/mol. The number of hydrogen-bond donors (Lipinski definition) is 1. The highest BCUT2D eigenvalue weighted by molar-refractivity contribution is 6.33. The fourth-order valence-electron chi connectivity index (χ4n) is 2.89. The van der Waals surface area contributed by atoms with Crippen molar-refractivity contribution in [3.05, 3.63) is 53.1 Å². The van der Waals surface area contributed by atoms with E-state index in [2.05, 4.69) is 17.1 Å². The summed E-state index contributed by atoms with van der Waals surface area (Å²) >= 11 is 6.42. The van der Waals surface area contributed by atoms with Crippen molar-refractivity contribution in [2.45, 2.75) is 19.8 Å². The SMILES string of the molecule is CCCCOc1ccc(C(=O)Nc2ccc(N3CCOCC3)c(Cl)c2)cc1. The van der Waals surface area contributed by atoms with Crippen molar-refractivity contribution in [1.82, 2.24) is 0 Å². The van der Waals surface area contributed by atoms with Gasteiger partial charge in [-0.3, -0.25) is 4.79 Å². The van der Waals surface area contributed by atoms with Crippen molar-refractivity contribution in [3.63, 3.8) is 0 Å². The van der Waals surface area contributed by atoms with Gasteiger partial charge in [-0.2, -0.15) is 0 Å². The van der Waals surface area contributed by atoms with Gasteiger partial charge >= 0.3 is 0 Å². The van der Waals surface area contributed by atoms with Gasteiger partial charge in [-0.05, 0) is 48.9 Å². The van der Waals surface area contributed by atoms with Crippen LogP contribution in [0, 0.1) is 0 Å². The normalized spacial score (nSPS) is 14.1. The highest BCUT2D eigenvalue weighted by Gasteiger charge is 2.15. The summed E-state index contributed by atoms with van der Waals surface area (Å²) in [6, 6.07) is 12.8. The number of hydrogen-bond acceptors (Lipinski definition) is 4. The van der Waals surface area contributed by atoms with Crippen molar-refractivity contribution in [2.75, 3.05) is 43.1 Å². The number of carbonyl (C=O) groups is 1. The van der Waals surface area contributed by atoms with E-state index in [9.17, 15) is 4.79 Å². The van der Waals surface area contributed by atoms with Gasteiger partial charge in [0.1, 0.15) is 5.75 Å². The van der Waals surface area contributed by atoms with Crippen LogP contribution >= 0.6 is 11.6 Å². The third kappa shape index (κ3) is 5.37. The van der Waals surface area contributed by atoms with E-state index in [0.717, 1.165) is 37.4 Å². The van der Waals surface area contributed by atoms with Crippen LogP contribution in [0.5, 0.6) is 5.75 Å². The molecule has 0 aliphatic carbocycles. The lowest BCUT2D eigenvalue weighted by molar-refractivity contribution is 0.102. The van der Waals surface area contributed by atoms with Crippen LogP contribution in [0.2, 0.25) is 5.02 Å². The van der Waals surface area contributed by atoms with Gasteiger partial charge in [0.2, 0.25) is 0 Å². The van der Waals surface area contributed by atoms with E-state index in [-0.39, 0.29) is 5.91 Å². The molecule has 1 saturated heterocycles. The lowest BCUT2D eigenvalue weighted by atomic mass is 10.2. The van der Waals surface area contributed by atoms with Crippen molar-refractivity contribution in [3.8, 4) is 5.75 Å². The molecule has 6 heteroatoms. The van der Waals surface area contributed by atoms with Crippen LogP contribution in [0.1, 0.15) is 30.1 Å². The predicted molar refractivity (Wildman–Crippen MR) is 109 cm³/mol. The largest absolute Gasteiger partial charge is 0.494 e. The molecule has 0 saturated carbocycles. The van der Waals surface area contributed by atoms with Crippen LogP contribution in [0.3, 0.4) is 0 Å². The van der Waals surface area contributed by atoms with Crippen LogP contribution in [0.25, 0.3) is 0 Å². The van der Waals surface area contributed by atoms with E-state index in [1.54, 1.807) is 18.2 Å². The molecule has 27 heavy (non-hydrogen) atoms. The monoisotopic (exact) mass is 388 g/mol. The average Bonchev–Trinajstić information content (AvgIpc) is 2.69. The summed E-state index contributed by atoms with van der Waals surface area (Å²) in [5.74, 6) is 0.600. The topological polar surface area (TPSA) is 50.8 Å². The number of rotatable bonds is 7. The smallest absolute Gasteiger partial charge is 0.255 e. The molecule has 1 N–H and O–H groups in total. The molecule has 5 nitrogen and oxygen atoms in total. The Morgan fingerprint density at radius 2 is 1.93 bits per heavy atom. The zero-order valence-electron chi connectivity index (χ0n) is 15.5. The molecular weight excluding hydrogens is 364 g/mol. The molecule has 2 aromatic rings. The van der Waals surface area contributed by atoms with Gasteiger partial charge < -0.3 is 19.7 Å². The molecule has 0 aromatic heterocycles. The fourth-order valence-corrected chi connectivity index (χ4v) is 3.19. The fraction of sp³-hybridized carbons (Fsp3) is 0.381. The van der Waals surface area contributed by atoms with Gasteiger partial charge in [0.25, 0.3) is 5.91 Å². The van der Waals surface area contributed by atoms with Gasteiger partial charge in [0, 0.05) is 24.3 Å². The lowest BCUT2D eigenvalue weighted by Gasteiger charge is -2.29. The number of nitrogens with one attached hydrogen (secondary N) is 1. The molecule has 1 fully saturated rings. The van der Waals surface area contributed by atoms with E-state index in [0.29, 0.717) is 36.1 Å². The first-order chi connectivity index (χ1) is 13.2. The summed E-state index contributed by atoms with van der Waals surface area (Å²) in [6.45, 7) is 5.85. The van der Waals surface area contributed by atoms with E-state index in [4.69, 9.17) is 21.1 Å². The number of anilines is 2. The maximum Gasteiger partial charge on any atom is 0.255 e. The number of benzene rings is 2. The number of unbranched alkanes of at least 4 members (excludes halogenated alkanes) is 1. The molecule has 0 spiro atoms. The second kappa shape index (κ2) is 9.62. The maximum absolute atomic E-state index is 12.5. The molecule has 0 bridgehead atoms. The van der Waals surface area contributed by atoms with E-state index in [1.807, 2.05) is 24.3 Å². The van der Waals surface area contributed by atoms with Crippen LogP contribution < -0.4 is 15.0 Å². The van der Waals surface area contributed by atoms with Gasteiger partial charge in [-0.25, -0.2) is 0 Å². The first kappa shape index (κ1) is 19.5. The number of morpholine rings is 1. The lowest BCUT2D eigenvalue weighted by Crippen LogP contribution is -2.36. The van der Waals surface area contributed by atoms with Crippen LogP contribution in [0.15, 0.2) is 42.5 Å². The second-order valence-electron chi connectivity index (χ2n) is 6.45. The molecular formula is C21H25ClN2O3. The Bertz CT molecular complexity index is 759. The third-order valence-electron chi connectivity index (χ3n) is 4.44. The number of carbonyl (C=O) groups excluding carboxylic acids is 1. The highest BCUT2D eigenvalue weighted by atomic mass is 35.5. The van der Waals surface area contributed by atoms with Crippen LogP contribution in [-0.4, -0.2) is 38.8 Å². The number of ether oxygens (including phenoxy) is 2. The molecule has 0 atom stereocenters. The van der Waals surface area contributed by atoms with Crippen LogP contribution in [0.4, 0.5) is 11.4 Å². The Morgan fingerprint density at radius 1 is 1.19 bits per heavy atom. The van der Waals surface area contributed by atoms with Crippen molar-refractivity contribution in [2.24, 2.45) is 0 Å². The maximum atomic E-state index is 12.5. The molecule has 0 unspecified atom stereocenters. The minimum atomic E-state index is -0.176. The number of halogens is 1. The predicted octanol–water partition coefficient (Wildman–Crippen LogP) is 4.61. The minimum Gasteiger partial charge on any atom is -0.494 e. The molecule has 1 aliphatic heterocycles. The Balaban J connectivity index is 1.61. The molecule has 0 radical (unpaired) electrons. The first-order valence-corrected chi connectivity index (χ1v) is 9.71. The van der Waals surface area contributed by atoms with Crippen LogP contribution in [-0.2, 0) is 4.74 Å². The Hall–Kier alpha value is -2.24. The van der Waals surface area contributed by atoms with Gasteiger partial charge in [0.05, 0.1) is 30.5 Å². The summed E-state index contributed by atoms with van der Waals surface area (Å²) in [4.78, 5) is 14.7. The second-order valence-corrected chi connectivity index (χ2v) is 6.85. The van der Waals surface area contributed by atoms with E-state index < -0.39 is 0 Å². The van der Waals surface area contributed by atoms with E-state index >= 15 is 0 Å². The van der Waals surface area contributed by atoms with Crippen molar-refractivity contribution < 1.29 is 14.3 Å². The van der Waals surface area contributed by atoms with Gasteiger partial charge in [-0.15, -0.1) is 0 Å². The molecule has 1 amide bonds. The summed E-state index contributed by atoms with van der Waals surface area (Å²) < 4.78 is 11.0. The zero-order chi connectivity index (χ0) is 19.1. The summed E-state index contributed by atoms with van der Waals surface area (Å²) in [7, 11) is 0. The van der Waals surface area contributed by atoms with Crippen molar-refractivity contribution >= 4 is 28.9 Å². The summed E-state index contributed by atoms with van der Waals surface area (Å²) in [6.07, 6.45) is 2.11. The third-order valence-corrected chi connectivity index (χ3v) is 4.74. The molecule has 1 heterocycles. The summed E-state index contributed by atoms with van der Waals surface area (Å²) in [5.41, 5.74) is 2.21. The standard InChI is InChI=1S/C21H25ClN2O3/c1-2-3-12-27-18-7-4-16(5-8-18)21(25)23-17-6-9-20(19(22)15-17)24-10-13-26-14-11-24/h4-9,15H,2-3,10-14H2,1H3,(H,23,25). The summed E-state index contributed by atoms with van der Waals surface area (Å²) in [5, 5.41) is 3.51.